The number of benzene rings is 1. The van der Waals surface area contributed by atoms with Crippen molar-refractivity contribution < 1.29 is 14.3 Å². The Hall–Kier alpha value is -2.51. The zero-order chi connectivity index (χ0) is 20.4. The Balaban J connectivity index is 1.82. The minimum Gasteiger partial charge on any atom is -0.459 e. The number of aromatic nitrogens is 2. The van der Waals surface area contributed by atoms with Gasteiger partial charge < -0.3 is 9.47 Å². The highest BCUT2D eigenvalue weighted by molar-refractivity contribution is 7.18. The van der Waals surface area contributed by atoms with Gasteiger partial charge in [-0.15, -0.1) is 11.3 Å². The second-order valence-corrected chi connectivity index (χ2v) is 8.42. The van der Waals surface area contributed by atoms with Crippen LogP contribution in [0.5, 0.6) is 0 Å². The van der Waals surface area contributed by atoms with Crippen molar-refractivity contribution in [3.63, 3.8) is 0 Å². The van der Waals surface area contributed by atoms with Crippen LogP contribution < -0.4 is 5.56 Å². The Bertz CT molecular complexity index is 1090. The van der Waals surface area contributed by atoms with E-state index in [9.17, 15) is 9.59 Å². The smallest absolute Gasteiger partial charge is 0.326 e. The second-order valence-electron chi connectivity index (χ2n) is 7.34. The molecule has 6 nitrogen and oxygen atoms in total. The maximum Gasteiger partial charge on any atom is 0.326 e. The molecule has 0 spiro atoms. The zero-order valence-corrected chi connectivity index (χ0v) is 17.5. The Kier molecular flexibility index (Phi) is 5.78. The summed E-state index contributed by atoms with van der Waals surface area (Å²) < 4.78 is 11.9. The Morgan fingerprint density at radius 3 is 2.76 bits per heavy atom. The van der Waals surface area contributed by atoms with Crippen molar-refractivity contribution in [2.75, 3.05) is 13.7 Å². The van der Waals surface area contributed by atoms with Crippen molar-refractivity contribution in [1.29, 1.82) is 0 Å². The second kappa shape index (κ2) is 8.47. The van der Waals surface area contributed by atoms with Crippen LogP contribution in [0.25, 0.3) is 21.6 Å². The SMILES string of the molecule is COCC(C)OC(=O)Cn1c(-c2ccccc2)nc2sc3c(c2c1=O)CCCC3. The fourth-order valence-corrected chi connectivity index (χ4v) is 5.10. The van der Waals surface area contributed by atoms with E-state index in [0.29, 0.717) is 17.8 Å². The van der Waals surface area contributed by atoms with E-state index in [2.05, 4.69) is 0 Å². The van der Waals surface area contributed by atoms with Crippen molar-refractivity contribution in [2.24, 2.45) is 0 Å². The number of thiophene rings is 1. The van der Waals surface area contributed by atoms with Gasteiger partial charge >= 0.3 is 5.97 Å². The average molecular weight is 413 g/mol. The number of carbonyl (C=O) groups excluding carboxylic acids is 1. The minimum atomic E-state index is -0.473. The maximum absolute atomic E-state index is 13.5. The number of nitrogens with zero attached hydrogens (tertiary/aromatic N) is 2. The van der Waals surface area contributed by atoms with Gasteiger partial charge in [0.1, 0.15) is 23.3 Å². The van der Waals surface area contributed by atoms with Gasteiger partial charge in [0.25, 0.3) is 5.56 Å². The zero-order valence-electron chi connectivity index (χ0n) is 16.6. The van der Waals surface area contributed by atoms with Crippen LogP contribution in [0, 0.1) is 0 Å². The first-order chi connectivity index (χ1) is 14.1. The van der Waals surface area contributed by atoms with Gasteiger partial charge in [0.15, 0.2) is 0 Å². The third-order valence-electron chi connectivity index (χ3n) is 5.13. The lowest BCUT2D eigenvalue weighted by Crippen LogP contribution is -2.30. The molecule has 0 saturated heterocycles. The van der Waals surface area contributed by atoms with Gasteiger partial charge in [0.2, 0.25) is 0 Å². The van der Waals surface area contributed by atoms with E-state index in [4.69, 9.17) is 14.5 Å². The molecule has 0 aliphatic heterocycles. The van der Waals surface area contributed by atoms with Crippen molar-refractivity contribution in [1.82, 2.24) is 9.55 Å². The highest BCUT2D eigenvalue weighted by Crippen LogP contribution is 2.34. The molecule has 2 aromatic heterocycles. The third kappa shape index (κ3) is 3.97. The number of hydrogen-bond donors (Lipinski definition) is 0. The topological polar surface area (TPSA) is 70.4 Å². The first-order valence-electron chi connectivity index (χ1n) is 9.87. The van der Waals surface area contributed by atoms with Crippen molar-refractivity contribution in [3.8, 4) is 11.4 Å². The molecular weight excluding hydrogens is 388 g/mol. The van der Waals surface area contributed by atoms with E-state index in [0.717, 1.165) is 41.6 Å². The van der Waals surface area contributed by atoms with Crippen LogP contribution in [0.2, 0.25) is 0 Å². The Morgan fingerprint density at radius 1 is 1.24 bits per heavy atom. The number of rotatable bonds is 6. The summed E-state index contributed by atoms with van der Waals surface area (Å²) in [5, 5.41) is 0.669. The lowest BCUT2D eigenvalue weighted by atomic mass is 9.97. The fourth-order valence-electron chi connectivity index (χ4n) is 3.85. The molecule has 4 rings (SSSR count). The minimum absolute atomic E-state index is 0.162. The first kappa shape index (κ1) is 19.8. The van der Waals surface area contributed by atoms with Gasteiger partial charge in [-0.25, -0.2) is 4.98 Å². The number of carbonyl (C=O) groups is 1. The first-order valence-corrected chi connectivity index (χ1v) is 10.7. The predicted molar refractivity (Wildman–Crippen MR) is 113 cm³/mol. The van der Waals surface area contributed by atoms with Gasteiger partial charge in [0, 0.05) is 17.6 Å². The summed E-state index contributed by atoms with van der Waals surface area (Å²) in [6, 6.07) is 9.50. The molecule has 2 heterocycles. The quantitative estimate of drug-likeness (QED) is 0.579. The molecule has 1 aromatic carbocycles. The maximum atomic E-state index is 13.5. The van der Waals surface area contributed by atoms with Crippen molar-refractivity contribution in [2.45, 2.75) is 45.3 Å². The molecule has 7 heteroatoms. The van der Waals surface area contributed by atoms with E-state index in [1.54, 1.807) is 25.4 Å². The molecule has 0 N–H and O–H groups in total. The predicted octanol–water partition coefficient (Wildman–Crippen LogP) is 3.58. The molecule has 29 heavy (non-hydrogen) atoms. The van der Waals surface area contributed by atoms with E-state index >= 15 is 0 Å². The van der Waals surface area contributed by atoms with Crippen LogP contribution in [0.1, 0.15) is 30.2 Å². The van der Waals surface area contributed by atoms with Crippen LogP contribution in [0.15, 0.2) is 35.1 Å². The molecule has 1 aliphatic carbocycles. The molecule has 1 aliphatic rings. The summed E-state index contributed by atoms with van der Waals surface area (Å²) >= 11 is 1.61. The number of esters is 1. The molecule has 0 bridgehead atoms. The van der Waals surface area contributed by atoms with E-state index in [1.165, 1.54) is 9.44 Å². The molecule has 0 saturated carbocycles. The van der Waals surface area contributed by atoms with Gasteiger partial charge in [0.05, 0.1) is 12.0 Å². The lowest BCUT2D eigenvalue weighted by molar-refractivity contribution is -0.151. The number of fused-ring (bicyclic) bond motifs is 3. The van der Waals surface area contributed by atoms with Crippen LogP contribution in [0.4, 0.5) is 0 Å². The van der Waals surface area contributed by atoms with Crippen molar-refractivity contribution in [3.05, 3.63) is 51.1 Å². The molecule has 0 fully saturated rings. The van der Waals surface area contributed by atoms with Crippen LogP contribution in [0.3, 0.4) is 0 Å². The fraction of sp³-hybridized carbons (Fsp3) is 0.409. The summed E-state index contributed by atoms with van der Waals surface area (Å²) in [6.45, 7) is 1.89. The number of ether oxygens (including phenoxy) is 2. The Morgan fingerprint density at radius 2 is 2.00 bits per heavy atom. The van der Waals surface area contributed by atoms with Crippen molar-refractivity contribution >= 4 is 27.5 Å². The normalized spacial score (nSPS) is 14.6. The van der Waals surface area contributed by atoms with E-state index < -0.39 is 5.97 Å². The van der Waals surface area contributed by atoms with Gasteiger partial charge in [-0.3, -0.25) is 14.2 Å². The molecule has 3 aromatic rings. The molecule has 1 unspecified atom stereocenters. The summed E-state index contributed by atoms with van der Waals surface area (Å²) in [4.78, 5) is 32.9. The third-order valence-corrected chi connectivity index (χ3v) is 6.31. The summed E-state index contributed by atoms with van der Waals surface area (Å²) in [5.74, 6) is 0.0251. The standard InChI is InChI=1S/C22H24N2O4S/c1-14(13-27-2)28-18(25)12-24-20(15-8-4-3-5-9-15)23-21-19(22(24)26)16-10-6-7-11-17(16)29-21/h3-5,8-9,14H,6-7,10-13H2,1-2H3. The van der Waals surface area contributed by atoms with Crippen LogP contribution in [-0.4, -0.2) is 35.3 Å². The number of methoxy groups -OCH3 is 1. The van der Waals surface area contributed by atoms with Crippen LogP contribution >= 0.6 is 11.3 Å². The highest BCUT2D eigenvalue weighted by Gasteiger charge is 2.24. The monoisotopic (exact) mass is 412 g/mol. The molecule has 152 valence electrons. The lowest BCUT2D eigenvalue weighted by Gasteiger charge is -2.16. The van der Waals surface area contributed by atoms with Gasteiger partial charge in [-0.05, 0) is 38.2 Å². The largest absolute Gasteiger partial charge is 0.459 e. The van der Waals surface area contributed by atoms with Gasteiger partial charge in [-0.2, -0.15) is 0 Å². The summed E-state index contributed by atoms with van der Waals surface area (Å²) in [6.07, 6.45) is 3.73. The molecule has 0 radical (unpaired) electrons. The molecule has 0 amide bonds. The summed E-state index contributed by atoms with van der Waals surface area (Å²) in [5.41, 5.74) is 1.75. The number of aryl methyl sites for hydroxylation is 2. The molecule has 1 atom stereocenters. The molecular formula is C22H24N2O4S. The Labute approximate surface area is 173 Å². The van der Waals surface area contributed by atoms with E-state index in [-0.39, 0.29) is 18.2 Å². The van der Waals surface area contributed by atoms with E-state index in [1.807, 2.05) is 30.3 Å². The number of hydrogen-bond acceptors (Lipinski definition) is 6. The summed E-state index contributed by atoms with van der Waals surface area (Å²) in [7, 11) is 1.56. The van der Waals surface area contributed by atoms with Crippen LogP contribution in [-0.2, 0) is 33.7 Å². The van der Waals surface area contributed by atoms with Gasteiger partial charge in [-0.1, -0.05) is 30.3 Å². The highest BCUT2D eigenvalue weighted by atomic mass is 32.1. The average Bonchev–Trinajstić information content (AvgIpc) is 3.09.